The van der Waals surface area contributed by atoms with Crippen LogP contribution < -0.4 is 11.2 Å². The Labute approximate surface area is 133 Å². The highest BCUT2D eigenvalue weighted by atomic mass is 35.5. The third-order valence-electron chi connectivity index (χ3n) is 3.06. The fraction of sp³-hybridized carbons (Fsp3) is 0.154. The molecule has 10 heteroatoms. The molecule has 120 valence electrons. The average Bonchev–Trinajstić information content (AvgIpc) is 2.52. The molecule has 0 spiro atoms. The second-order valence-electron chi connectivity index (χ2n) is 4.55. The molecule has 9 nitrogen and oxygen atoms in total. The van der Waals surface area contributed by atoms with E-state index in [0.29, 0.717) is 0 Å². The van der Waals surface area contributed by atoms with Gasteiger partial charge in [-0.25, -0.2) is 9.59 Å². The van der Waals surface area contributed by atoms with Crippen molar-refractivity contribution in [1.29, 1.82) is 0 Å². The highest BCUT2D eigenvalue weighted by Crippen LogP contribution is 2.25. The predicted octanol–water partition coefficient (Wildman–Crippen LogP) is 1.56. The van der Waals surface area contributed by atoms with Gasteiger partial charge < -0.3 is 10.2 Å². The Hall–Kier alpha value is -2.94. The summed E-state index contributed by atoms with van der Waals surface area (Å²) in [6.07, 6.45) is 0. The Morgan fingerprint density at radius 1 is 1.17 bits per heavy atom. The van der Waals surface area contributed by atoms with E-state index in [2.05, 4.69) is 10.2 Å². The van der Waals surface area contributed by atoms with Crippen LogP contribution in [0, 0.1) is 0 Å². The molecule has 0 amide bonds. The van der Waals surface area contributed by atoms with Gasteiger partial charge in [-0.2, -0.15) is 5.11 Å². The first-order chi connectivity index (χ1) is 10.7. The number of carboxylic acids is 1. The second kappa shape index (κ2) is 6.05. The third kappa shape index (κ3) is 2.99. The summed E-state index contributed by atoms with van der Waals surface area (Å²) in [4.78, 5) is 34.5. The summed E-state index contributed by atoms with van der Waals surface area (Å²) < 4.78 is 1.60. The van der Waals surface area contributed by atoms with Crippen molar-refractivity contribution in [3.05, 3.63) is 49.6 Å². The van der Waals surface area contributed by atoms with Crippen LogP contribution >= 0.6 is 11.6 Å². The maximum absolute atomic E-state index is 11.9. The Bertz CT molecular complexity index is 945. The predicted molar refractivity (Wildman–Crippen MR) is 81.2 cm³/mol. The monoisotopic (exact) mass is 338 g/mol. The largest absolute Gasteiger partial charge is 0.493 e. The van der Waals surface area contributed by atoms with Crippen LogP contribution in [0.15, 0.2) is 38.0 Å². The summed E-state index contributed by atoms with van der Waals surface area (Å²) in [5.74, 6) is -1.89. The summed E-state index contributed by atoms with van der Waals surface area (Å²) in [6.45, 7) is 0. The van der Waals surface area contributed by atoms with Gasteiger partial charge in [0, 0.05) is 14.1 Å². The molecule has 0 saturated heterocycles. The van der Waals surface area contributed by atoms with E-state index in [4.69, 9.17) is 16.7 Å². The molecule has 0 aliphatic rings. The van der Waals surface area contributed by atoms with Crippen molar-refractivity contribution in [1.82, 2.24) is 9.13 Å². The minimum absolute atomic E-state index is 0.0253. The number of nitrogens with zero attached hydrogens (tertiary/aromatic N) is 4. The van der Waals surface area contributed by atoms with Gasteiger partial charge in [0.25, 0.3) is 5.56 Å². The normalized spacial score (nSPS) is 11.1. The SMILES string of the molecule is Cn1c(O)c(N=Nc2ccc(Cl)c(C(=O)O)c2)c(=O)n(C)c1=O. The number of hydrogen-bond acceptors (Lipinski definition) is 6. The van der Waals surface area contributed by atoms with Crippen molar-refractivity contribution in [2.75, 3.05) is 0 Å². The molecule has 2 N–H and O–H groups in total. The van der Waals surface area contributed by atoms with Gasteiger partial charge in [-0.05, 0) is 18.2 Å². The van der Waals surface area contributed by atoms with Crippen molar-refractivity contribution in [3.8, 4) is 5.88 Å². The molecule has 0 saturated carbocycles. The Morgan fingerprint density at radius 3 is 2.43 bits per heavy atom. The lowest BCUT2D eigenvalue weighted by molar-refractivity contribution is 0.0697. The van der Waals surface area contributed by atoms with Crippen LogP contribution in [0.1, 0.15) is 10.4 Å². The molecule has 1 aromatic carbocycles. The van der Waals surface area contributed by atoms with Crippen molar-refractivity contribution in [2.24, 2.45) is 24.3 Å². The minimum atomic E-state index is -1.24. The molecule has 1 aromatic heterocycles. The summed E-state index contributed by atoms with van der Waals surface area (Å²) >= 11 is 5.73. The molecule has 0 unspecified atom stereocenters. The summed E-state index contributed by atoms with van der Waals surface area (Å²) in [5, 5.41) is 26.2. The van der Waals surface area contributed by atoms with Crippen molar-refractivity contribution in [2.45, 2.75) is 0 Å². The quantitative estimate of drug-likeness (QED) is 0.821. The maximum Gasteiger partial charge on any atom is 0.337 e. The van der Waals surface area contributed by atoms with Crippen molar-refractivity contribution in [3.63, 3.8) is 0 Å². The van der Waals surface area contributed by atoms with Gasteiger partial charge in [0.15, 0.2) is 0 Å². The molecule has 0 bridgehead atoms. The van der Waals surface area contributed by atoms with Gasteiger partial charge in [-0.3, -0.25) is 13.9 Å². The van der Waals surface area contributed by atoms with Crippen LogP contribution in [-0.2, 0) is 14.1 Å². The van der Waals surface area contributed by atoms with Gasteiger partial charge in [-0.15, -0.1) is 5.11 Å². The van der Waals surface area contributed by atoms with Crippen LogP contribution in [0.25, 0.3) is 0 Å². The molecule has 2 rings (SSSR count). The highest BCUT2D eigenvalue weighted by Gasteiger charge is 2.15. The number of aromatic carboxylic acids is 1. The number of azo groups is 1. The van der Waals surface area contributed by atoms with Gasteiger partial charge in [0.05, 0.1) is 16.3 Å². The molecule has 1 heterocycles. The number of aromatic hydroxyl groups is 1. The standard InChI is InChI=1S/C13H11ClN4O5/c1-17-10(19)9(11(20)18(2)13(17)23)16-15-6-3-4-8(14)7(5-6)12(21)22/h3-5,19H,1-2H3,(H,21,22). The van der Waals surface area contributed by atoms with Crippen LogP contribution in [0.3, 0.4) is 0 Å². The van der Waals surface area contributed by atoms with Crippen LogP contribution in [0.4, 0.5) is 11.4 Å². The molecule has 0 aliphatic heterocycles. The maximum atomic E-state index is 11.9. The smallest absolute Gasteiger partial charge is 0.337 e. The fourth-order valence-electron chi connectivity index (χ4n) is 1.75. The Balaban J connectivity index is 2.54. The molecule has 0 atom stereocenters. The number of benzene rings is 1. The van der Waals surface area contributed by atoms with Crippen molar-refractivity contribution < 1.29 is 15.0 Å². The Kier molecular flexibility index (Phi) is 4.32. The number of hydrogen-bond donors (Lipinski definition) is 2. The first kappa shape index (κ1) is 16.4. The summed E-state index contributed by atoms with van der Waals surface area (Å²) in [7, 11) is 2.49. The van der Waals surface area contributed by atoms with E-state index in [-0.39, 0.29) is 16.3 Å². The third-order valence-corrected chi connectivity index (χ3v) is 3.39. The van der Waals surface area contributed by atoms with E-state index in [1.54, 1.807) is 0 Å². The number of carbonyl (C=O) groups is 1. The van der Waals surface area contributed by atoms with E-state index in [1.165, 1.54) is 26.2 Å². The molecular weight excluding hydrogens is 328 g/mol. The first-order valence-electron chi connectivity index (χ1n) is 6.17. The lowest BCUT2D eigenvalue weighted by Crippen LogP contribution is -2.36. The first-order valence-corrected chi connectivity index (χ1v) is 6.55. The van der Waals surface area contributed by atoms with E-state index in [9.17, 15) is 19.5 Å². The zero-order valence-electron chi connectivity index (χ0n) is 12.0. The number of carboxylic acid groups (broad SMARTS) is 1. The fourth-order valence-corrected chi connectivity index (χ4v) is 1.95. The van der Waals surface area contributed by atoms with E-state index in [1.807, 2.05) is 0 Å². The van der Waals surface area contributed by atoms with E-state index >= 15 is 0 Å². The van der Waals surface area contributed by atoms with Gasteiger partial charge in [0.1, 0.15) is 0 Å². The number of halogens is 1. The summed E-state index contributed by atoms with van der Waals surface area (Å²) in [5.41, 5.74) is -2.06. The molecule has 0 fully saturated rings. The average molecular weight is 339 g/mol. The van der Waals surface area contributed by atoms with Crippen LogP contribution in [0.2, 0.25) is 5.02 Å². The number of rotatable bonds is 3. The summed E-state index contributed by atoms with van der Waals surface area (Å²) in [6, 6.07) is 3.87. The topological polar surface area (TPSA) is 126 Å². The van der Waals surface area contributed by atoms with Gasteiger partial charge in [0.2, 0.25) is 11.6 Å². The van der Waals surface area contributed by atoms with Crippen LogP contribution in [0.5, 0.6) is 5.88 Å². The van der Waals surface area contributed by atoms with E-state index in [0.717, 1.165) is 15.2 Å². The number of aromatic nitrogens is 2. The van der Waals surface area contributed by atoms with Crippen molar-refractivity contribution >= 4 is 28.9 Å². The van der Waals surface area contributed by atoms with Gasteiger partial charge in [-0.1, -0.05) is 11.6 Å². The lowest BCUT2D eigenvalue weighted by atomic mass is 10.2. The second-order valence-corrected chi connectivity index (χ2v) is 4.95. The zero-order valence-corrected chi connectivity index (χ0v) is 12.8. The lowest BCUT2D eigenvalue weighted by Gasteiger charge is -2.06. The minimum Gasteiger partial charge on any atom is -0.493 e. The van der Waals surface area contributed by atoms with Gasteiger partial charge >= 0.3 is 11.7 Å². The van der Waals surface area contributed by atoms with E-state index < -0.39 is 28.8 Å². The zero-order chi connectivity index (χ0) is 17.3. The molecule has 0 aliphatic carbocycles. The molecule has 2 aromatic rings. The molecular formula is C13H11ClN4O5. The van der Waals surface area contributed by atoms with Crippen LogP contribution in [-0.4, -0.2) is 25.3 Å². The Morgan fingerprint density at radius 2 is 1.83 bits per heavy atom. The molecule has 0 radical (unpaired) electrons. The molecule has 23 heavy (non-hydrogen) atoms. The highest BCUT2D eigenvalue weighted by molar-refractivity contribution is 6.33.